The average molecular weight is 264 g/mol. The summed E-state index contributed by atoms with van der Waals surface area (Å²) in [6, 6.07) is 7.49. The lowest BCUT2D eigenvalue weighted by Crippen LogP contribution is -2.15. The Morgan fingerprint density at radius 2 is 2.11 bits per heavy atom. The molecule has 96 valence electrons. The van der Waals surface area contributed by atoms with Crippen molar-refractivity contribution in [2.75, 3.05) is 12.0 Å². The molecule has 1 aromatic heterocycles. The van der Waals surface area contributed by atoms with Gasteiger partial charge in [-0.05, 0) is 30.6 Å². The van der Waals surface area contributed by atoms with Gasteiger partial charge in [0.15, 0.2) is 0 Å². The second kappa shape index (κ2) is 5.35. The third-order valence-corrected chi connectivity index (χ3v) is 3.47. The molecular weight excluding hydrogens is 248 g/mol. The zero-order valence-corrected chi connectivity index (χ0v) is 11.3. The Morgan fingerprint density at radius 1 is 1.39 bits per heavy atom. The number of para-hydroxylation sites is 1. The highest BCUT2D eigenvalue weighted by Gasteiger charge is 2.15. The number of aromatic amines is 1. The largest absolute Gasteiger partial charge is 0.493 e. The Bertz CT molecular complexity index is 601. The molecular formula is C13H16N2O2S. The molecule has 2 rings (SSSR count). The van der Waals surface area contributed by atoms with E-state index in [1.807, 2.05) is 37.4 Å². The van der Waals surface area contributed by atoms with Crippen molar-refractivity contribution in [3.63, 3.8) is 0 Å². The maximum absolute atomic E-state index is 11.9. The highest BCUT2D eigenvalue weighted by atomic mass is 32.2. The highest BCUT2D eigenvalue weighted by Crippen LogP contribution is 2.21. The van der Waals surface area contributed by atoms with Crippen LogP contribution in [-0.2, 0) is 6.42 Å². The molecule has 1 heterocycles. The number of aryl methyl sites for hydroxylation is 2. The van der Waals surface area contributed by atoms with Crippen LogP contribution >= 0.6 is 11.8 Å². The average Bonchev–Trinajstić information content (AvgIpc) is 2.63. The van der Waals surface area contributed by atoms with E-state index in [0.717, 1.165) is 11.3 Å². The van der Waals surface area contributed by atoms with Gasteiger partial charge in [-0.3, -0.25) is 0 Å². The molecule has 0 radical (unpaired) electrons. The zero-order chi connectivity index (χ0) is 13.1. The van der Waals surface area contributed by atoms with Crippen LogP contribution in [0.25, 0.3) is 5.69 Å². The van der Waals surface area contributed by atoms with Crippen LogP contribution in [0.3, 0.4) is 0 Å². The van der Waals surface area contributed by atoms with Gasteiger partial charge in [0.1, 0.15) is 0 Å². The minimum atomic E-state index is -0.294. The van der Waals surface area contributed by atoms with Crippen LogP contribution in [0.15, 0.2) is 29.1 Å². The lowest BCUT2D eigenvalue weighted by atomic mass is 10.2. The number of thioether (sulfide) groups is 1. The lowest BCUT2D eigenvalue weighted by molar-refractivity contribution is 0.435. The van der Waals surface area contributed by atoms with Crippen molar-refractivity contribution in [2.45, 2.75) is 13.3 Å². The van der Waals surface area contributed by atoms with E-state index >= 15 is 0 Å². The number of nitrogens with zero attached hydrogens (tertiary/aromatic N) is 1. The second-order valence-corrected chi connectivity index (χ2v) is 5.08. The molecule has 0 spiro atoms. The van der Waals surface area contributed by atoms with Crippen molar-refractivity contribution in [1.29, 1.82) is 0 Å². The van der Waals surface area contributed by atoms with E-state index in [2.05, 4.69) is 4.98 Å². The van der Waals surface area contributed by atoms with Gasteiger partial charge >= 0.3 is 5.69 Å². The number of hydrogen-bond acceptors (Lipinski definition) is 3. The van der Waals surface area contributed by atoms with Crippen LogP contribution in [0.2, 0.25) is 0 Å². The molecule has 18 heavy (non-hydrogen) atoms. The molecule has 0 aliphatic heterocycles. The molecule has 4 nitrogen and oxygen atoms in total. The summed E-state index contributed by atoms with van der Waals surface area (Å²) < 4.78 is 1.32. The van der Waals surface area contributed by atoms with E-state index in [9.17, 15) is 9.90 Å². The monoisotopic (exact) mass is 264 g/mol. The lowest BCUT2D eigenvalue weighted by Gasteiger charge is -2.06. The van der Waals surface area contributed by atoms with E-state index < -0.39 is 0 Å². The Morgan fingerprint density at radius 3 is 2.78 bits per heavy atom. The molecule has 0 saturated carbocycles. The second-order valence-electron chi connectivity index (χ2n) is 4.10. The quantitative estimate of drug-likeness (QED) is 0.889. The van der Waals surface area contributed by atoms with Crippen LogP contribution in [0, 0.1) is 6.92 Å². The predicted molar refractivity (Wildman–Crippen MR) is 74.9 cm³/mol. The number of aromatic hydroxyl groups is 1. The number of hydrogen-bond donors (Lipinski definition) is 2. The van der Waals surface area contributed by atoms with Crippen LogP contribution in [0.5, 0.6) is 5.88 Å². The van der Waals surface area contributed by atoms with Gasteiger partial charge in [-0.1, -0.05) is 18.2 Å². The third kappa shape index (κ3) is 2.31. The standard InChI is InChI=1S/C13H16N2O2S/c1-9-5-3-4-6-11(9)15-12(16)10(7-8-18-2)14-13(15)17/h3-6,16H,7-8H2,1-2H3,(H,14,17). The fraction of sp³-hybridized carbons (Fsp3) is 0.308. The smallest absolute Gasteiger partial charge is 0.333 e. The third-order valence-electron chi connectivity index (χ3n) is 2.86. The zero-order valence-electron chi connectivity index (χ0n) is 10.4. The van der Waals surface area contributed by atoms with E-state index in [-0.39, 0.29) is 11.6 Å². The summed E-state index contributed by atoms with van der Waals surface area (Å²) >= 11 is 1.68. The minimum Gasteiger partial charge on any atom is -0.493 e. The topological polar surface area (TPSA) is 58.0 Å². The van der Waals surface area contributed by atoms with Gasteiger partial charge < -0.3 is 10.1 Å². The van der Waals surface area contributed by atoms with E-state index in [4.69, 9.17) is 0 Å². The molecule has 0 amide bonds. The van der Waals surface area contributed by atoms with Gasteiger partial charge in [0.05, 0.1) is 11.4 Å². The maximum Gasteiger partial charge on any atom is 0.333 e. The number of H-pyrrole nitrogens is 1. The molecule has 0 aliphatic rings. The van der Waals surface area contributed by atoms with Crippen LogP contribution in [0.1, 0.15) is 11.3 Å². The fourth-order valence-electron chi connectivity index (χ4n) is 1.89. The van der Waals surface area contributed by atoms with Crippen molar-refractivity contribution < 1.29 is 5.11 Å². The van der Waals surface area contributed by atoms with Crippen LogP contribution < -0.4 is 5.69 Å². The van der Waals surface area contributed by atoms with E-state index in [1.54, 1.807) is 11.8 Å². The first-order valence-corrected chi connectivity index (χ1v) is 7.12. The van der Waals surface area contributed by atoms with E-state index in [1.165, 1.54) is 4.57 Å². The molecule has 0 unspecified atom stereocenters. The molecule has 5 heteroatoms. The van der Waals surface area contributed by atoms with Gasteiger partial charge in [-0.2, -0.15) is 11.8 Å². The molecule has 0 aliphatic carbocycles. The molecule has 1 aromatic carbocycles. The van der Waals surface area contributed by atoms with Crippen molar-refractivity contribution in [3.05, 3.63) is 46.0 Å². The summed E-state index contributed by atoms with van der Waals surface area (Å²) in [5, 5.41) is 10.1. The Balaban J connectivity index is 2.49. The molecule has 0 fully saturated rings. The molecule has 0 bridgehead atoms. The first-order valence-electron chi connectivity index (χ1n) is 5.73. The van der Waals surface area contributed by atoms with Crippen LogP contribution in [-0.4, -0.2) is 26.7 Å². The molecule has 2 N–H and O–H groups in total. The minimum absolute atomic E-state index is 0.0170. The predicted octanol–water partition coefficient (Wildman–Crippen LogP) is 2.09. The highest BCUT2D eigenvalue weighted by molar-refractivity contribution is 7.98. The Hall–Kier alpha value is -1.62. The van der Waals surface area contributed by atoms with Crippen molar-refractivity contribution in [1.82, 2.24) is 9.55 Å². The maximum atomic E-state index is 11.9. The first kappa shape index (κ1) is 12.8. The number of nitrogens with one attached hydrogen (secondary N) is 1. The van der Waals surface area contributed by atoms with Gasteiger partial charge in [0, 0.05) is 6.42 Å². The number of rotatable bonds is 4. The number of imidazole rings is 1. The molecule has 0 atom stereocenters. The number of benzene rings is 1. The van der Waals surface area contributed by atoms with Gasteiger partial charge in [-0.15, -0.1) is 0 Å². The summed E-state index contributed by atoms with van der Waals surface area (Å²) in [6.45, 7) is 1.91. The van der Waals surface area contributed by atoms with Crippen molar-refractivity contribution >= 4 is 11.8 Å². The SMILES string of the molecule is CSCCc1[nH]c(=O)n(-c2ccccc2C)c1O. The van der Waals surface area contributed by atoms with Crippen LogP contribution in [0.4, 0.5) is 0 Å². The van der Waals surface area contributed by atoms with Gasteiger partial charge in [0.2, 0.25) is 5.88 Å². The van der Waals surface area contributed by atoms with Crippen molar-refractivity contribution in [2.24, 2.45) is 0 Å². The van der Waals surface area contributed by atoms with Gasteiger partial charge in [0.25, 0.3) is 0 Å². The fourth-order valence-corrected chi connectivity index (χ4v) is 2.30. The summed E-state index contributed by atoms with van der Waals surface area (Å²) in [5.74, 6) is 0.879. The summed E-state index contributed by atoms with van der Waals surface area (Å²) in [4.78, 5) is 14.6. The number of aromatic nitrogens is 2. The summed E-state index contributed by atoms with van der Waals surface area (Å²) in [7, 11) is 0. The Labute approximate surface area is 110 Å². The summed E-state index contributed by atoms with van der Waals surface area (Å²) in [5.41, 5.74) is 1.97. The molecule has 0 saturated heterocycles. The summed E-state index contributed by atoms with van der Waals surface area (Å²) in [6.07, 6.45) is 2.65. The van der Waals surface area contributed by atoms with E-state index in [0.29, 0.717) is 17.8 Å². The van der Waals surface area contributed by atoms with Gasteiger partial charge in [-0.25, -0.2) is 9.36 Å². The normalized spacial score (nSPS) is 10.8. The Kier molecular flexibility index (Phi) is 3.81. The van der Waals surface area contributed by atoms with Crippen molar-refractivity contribution in [3.8, 4) is 11.6 Å². The first-order chi connectivity index (χ1) is 8.65. The molecule has 2 aromatic rings.